The summed E-state index contributed by atoms with van der Waals surface area (Å²) in [6.45, 7) is 2.50. The van der Waals surface area contributed by atoms with E-state index in [1.165, 1.54) is 4.67 Å². The van der Waals surface area contributed by atoms with Gasteiger partial charge in [-0.1, -0.05) is 44.2 Å². The molecule has 2 aromatic carbocycles. The smallest absolute Gasteiger partial charge is 0.289 e. The molecule has 0 saturated carbocycles. The van der Waals surface area contributed by atoms with Crippen molar-refractivity contribution in [3.8, 4) is 0 Å². The highest BCUT2D eigenvalue weighted by Crippen LogP contribution is 2.51. The van der Waals surface area contributed by atoms with Crippen LogP contribution in [0.4, 0.5) is 11.4 Å². The monoisotopic (exact) mass is 321 g/mol. The summed E-state index contributed by atoms with van der Waals surface area (Å²) in [7, 11) is 0. The van der Waals surface area contributed by atoms with E-state index in [2.05, 4.69) is 13.8 Å². The lowest BCUT2D eigenvalue weighted by Crippen LogP contribution is -2.15. The third kappa shape index (κ3) is 3.72. The zero-order valence-corrected chi connectivity index (χ0v) is 14.1. The van der Waals surface area contributed by atoms with Crippen LogP contribution in [0.3, 0.4) is 0 Å². The number of para-hydroxylation sites is 1. The third-order valence-corrected chi connectivity index (χ3v) is 4.75. The van der Waals surface area contributed by atoms with Crippen LogP contribution in [-0.2, 0) is 11.8 Å². The van der Waals surface area contributed by atoms with E-state index in [1.807, 2.05) is 55.5 Å². The molecule has 3 nitrogen and oxygen atoms in total. The van der Waals surface area contributed by atoms with Crippen molar-refractivity contribution in [2.45, 2.75) is 26.7 Å². The molecule has 0 aliphatic rings. The Labute approximate surface area is 131 Å². The molecule has 0 unspecified atom stereocenters. The number of aryl methyl sites for hydroxylation is 1. The maximum Gasteiger partial charge on any atom is 0.289 e. The third-order valence-electron chi connectivity index (χ3n) is 3.30. The van der Waals surface area contributed by atoms with E-state index in [9.17, 15) is 9.79 Å². The van der Waals surface area contributed by atoms with Crippen molar-refractivity contribution in [2.24, 2.45) is 0 Å². The molecular weight excluding hydrogens is 301 g/mol. The first kappa shape index (κ1) is 16.2. The van der Waals surface area contributed by atoms with Crippen molar-refractivity contribution in [3.05, 3.63) is 59.7 Å². The predicted octanol–water partition coefficient (Wildman–Crippen LogP) is 4.47. The van der Waals surface area contributed by atoms with Crippen molar-refractivity contribution >= 4 is 29.8 Å². The van der Waals surface area contributed by atoms with Gasteiger partial charge in [0.2, 0.25) is 0 Å². The Bertz CT molecular complexity index is 667. The van der Waals surface area contributed by atoms with Crippen molar-refractivity contribution in [2.75, 3.05) is 4.67 Å². The Kier molecular flexibility index (Phi) is 4.84. The Hall–Kier alpha value is -1.19. The quantitative estimate of drug-likeness (QED) is 0.816. The number of nitrogens with zero attached hydrogens (tertiary/aromatic N) is 1. The molecular formula is C16H20NO2PS. The van der Waals surface area contributed by atoms with Gasteiger partial charge in [0, 0.05) is 5.69 Å². The fourth-order valence-corrected chi connectivity index (χ4v) is 3.76. The fourth-order valence-electron chi connectivity index (χ4n) is 2.32. The maximum atomic E-state index is 10.2. The van der Waals surface area contributed by atoms with E-state index in [-0.39, 0.29) is 5.92 Å². The van der Waals surface area contributed by atoms with Gasteiger partial charge in [0.25, 0.3) is 6.64 Å². The van der Waals surface area contributed by atoms with Gasteiger partial charge in [0.15, 0.2) is 0 Å². The van der Waals surface area contributed by atoms with Crippen molar-refractivity contribution in [3.63, 3.8) is 0 Å². The number of anilines is 2. The van der Waals surface area contributed by atoms with Crippen LogP contribution in [0.25, 0.3) is 0 Å². The van der Waals surface area contributed by atoms with Crippen LogP contribution >= 0.6 is 6.64 Å². The molecule has 112 valence electrons. The average molecular weight is 321 g/mol. The zero-order valence-electron chi connectivity index (χ0n) is 12.4. The topological polar surface area (TPSA) is 43.7 Å². The Morgan fingerprint density at radius 2 is 1.67 bits per heavy atom. The lowest BCUT2D eigenvalue weighted by Gasteiger charge is -2.31. The molecule has 0 bridgehead atoms. The van der Waals surface area contributed by atoms with Crippen LogP contribution in [-0.4, -0.2) is 9.79 Å². The molecule has 0 aliphatic heterocycles. The summed E-state index contributed by atoms with van der Waals surface area (Å²) >= 11 is 5.01. The Balaban J connectivity index is 2.69. The fraction of sp³-hybridized carbons (Fsp3) is 0.250. The summed E-state index contributed by atoms with van der Waals surface area (Å²) < 4.78 is 1.49. The standard InChI is InChI=1S/C16H20NO2PS/c1-12(2)15-10-9-13(3)11-16(15)17(20(18,19)21)14-7-5-4-6-8-14/h4-12H,1-3H3,(H2,18,19,21). The van der Waals surface area contributed by atoms with Crippen molar-refractivity contribution in [1.82, 2.24) is 0 Å². The lowest BCUT2D eigenvalue weighted by molar-refractivity contribution is 0.479. The van der Waals surface area contributed by atoms with Gasteiger partial charge in [-0.05, 0) is 54.0 Å². The summed E-state index contributed by atoms with van der Waals surface area (Å²) in [4.78, 5) is 20.4. The number of benzene rings is 2. The predicted molar refractivity (Wildman–Crippen MR) is 92.6 cm³/mol. The minimum atomic E-state index is -3.64. The van der Waals surface area contributed by atoms with Crippen LogP contribution in [0.2, 0.25) is 0 Å². The largest absolute Gasteiger partial charge is 0.329 e. The van der Waals surface area contributed by atoms with E-state index < -0.39 is 6.64 Å². The molecule has 5 heteroatoms. The van der Waals surface area contributed by atoms with E-state index in [1.54, 1.807) is 0 Å². The van der Waals surface area contributed by atoms with Crippen molar-refractivity contribution < 1.29 is 9.79 Å². The number of hydrogen-bond acceptors (Lipinski definition) is 1. The summed E-state index contributed by atoms with van der Waals surface area (Å²) in [5, 5.41) is 0. The summed E-state index contributed by atoms with van der Waals surface area (Å²) in [5.41, 5.74) is 3.56. The summed E-state index contributed by atoms with van der Waals surface area (Å²) in [6, 6.07) is 15.3. The first-order chi connectivity index (χ1) is 9.80. The maximum absolute atomic E-state index is 10.2. The van der Waals surface area contributed by atoms with Gasteiger partial charge in [-0.3, -0.25) is 4.67 Å². The molecule has 21 heavy (non-hydrogen) atoms. The van der Waals surface area contributed by atoms with Gasteiger partial charge >= 0.3 is 0 Å². The SMILES string of the molecule is Cc1ccc(C(C)C)c(N(c2ccccc2)P(O)(O)=S)c1. The van der Waals surface area contributed by atoms with E-state index in [0.29, 0.717) is 5.69 Å². The van der Waals surface area contributed by atoms with Gasteiger partial charge in [-0.25, -0.2) is 0 Å². The number of rotatable bonds is 4. The molecule has 0 spiro atoms. The van der Waals surface area contributed by atoms with Crippen molar-refractivity contribution in [1.29, 1.82) is 0 Å². The molecule has 0 aromatic heterocycles. The second-order valence-corrected chi connectivity index (χ2v) is 8.27. The van der Waals surface area contributed by atoms with Gasteiger partial charge in [0.05, 0.1) is 5.69 Å². The average Bonchev–Trinajstić information content (AvgIpc) is 2.38. The second-order valence-electron chi connectivity index (χ2n) is 5.38. The molecule has 0 atom stereocenters. The van der Waals surface area contributed by atoms with E-state index >= 15 is 0 Å². The Morgan fingerprint density at radius 3 is 2.19 bits per heavy atom. The molecule has 0 amide bonds. The highest BCUT2D eigenvalue weighted by atomic mass is 32.5. The van der Waals surface area contributed by atoms with Gasteiger partial charge in [0.1, 0.15) is 0 Å². The van der Waals surface area contributed by atoms with E-state index in [4.69, 9.17) is 11.8 Å². The van der Waals surface area contributed by atoms with Crippen LogP contribution in [0.1, 0.15) is 30.9 Å². The first-order valence-corrected chi connectivity index (χ1v) is 9.48. The van der Waals surface area contributed by atoms with Crippen LogP contribution in [0, 0.1) is 6.92 Å². The van der Waals surface area contributed by atoms with Gasteiger partial charge in [-0.15, -0.1) is 0 Å². The lowest BCUT2D eigenvalue weighted by atomic mass is 9.99. The Morgan fingerprint density at radius 1 is 1.05 bits per heavy atom. The minimum absolute atomic E-state index is 0.258. The van der Waals surface area contributed by atoms with E-state index in [0.717, 1.165) is 16.8 Å². The molecule has 0 heterocycles. The zero-order chi connectivity index (χ0) is 15.6. The molecule has 0 saturated heterocycles. The molecule has 2 aromatic rings. The van der Waals surface area contributed by atoms with Crippen LogP contribution < -0.4 is 4.67 Å². The summed E-state index contributed by atoms with van der Waals surface area (Å²) in [5.74, 6) is 0.258. The van der Waals surface area contributed by atoms with Crippen LogP contribution in [0.15, 0.2) is 48.5 Å². The summed E-state index contributed by atoms with van der Waals surface area (Å²) in [6.07, 6.45) is 0. The normalized spacial score (nSPS) is 11.7. The number of hydrogen-bond donors (Lipinski definition) is 2. The first-order valence-electron chi connectivity index (χ1n) is 6.82. The molecule has 0 radical (unpaired) electrons. The van der Waals surface area contributed by atoms with Crippen LogP contribution in [0.5, 0.6) is 0 Å². The highest BCUT2D eigenvalue weighted by Gasteiger charge is 2.26. The molecule has 0 fully saturated rings. The van der Waals surface area contributed by atoms with Gasteiger partial charge in [-0.2, -0.15) is 0 Å². The second kappa shape index (κ2) is 6.29. The molecule has 0 aliphatic carbocycles. The molecule has 2 rings (SSSR count). The minimum Gasteiger partial charge on any atom is -0.329 e. The highest BCUT2D eigenvalue weighted by molar-refractivity contribution is 8.09. The molecule has 2 N–H and O–H groups in total. The van der Waals surface area contributed by atoms with Gasteiger partial charge < -0.3 is 9.79 Å².